The van der Waals surface area contributed by atoms with Crippen LogP contribution in [0, 0.1) is 11.8 Å². The maximum Gasteiger partial charge on any atom is 0.0914 e. The van der Waals surface area contributed by atoms with Crippen molar-refractivity contribution in [1.82, 2.24) is 0 Å². The van der Waals surface area contributed by atoms with E-state index in [0.717, 1.165) is 11.8 Å². The molecule has 0 aromatic carbocycles. The largest absolute Gasteiger partial charge is 0.353 e. The van der Waals surface area contributed by atoms with Gasteiger partial charge in [0.15, 0.2) is 0 Å². The monoisotopic (exact) mass is 186 g/mol. The summed E-state index contributed by atoms with van der Waals surface area (Å²) in [5.74, 6) is 1.65. The van der Waals surface area contributed by atoms with Crippen LogP contribution in [0.1, 0.15) is 60.3 Å². The van der Waals surface area contributed by atoms with Gasteiger partial charge in [-0.2, -0.15) is 0 Å². The van der Waals surface area contributed by atoms with Crippen molar-refractivity contribution in [2.45, 2.75) is 65.8 Å². The third-order valence-electron chi connectivity index (χ3n) is 3.37. The molecule has 0 amide bonds. The Morgan fingerprint density at radius 3 is 2.08 bits per heavy atom. The van der Waals surface area contributed by atoms with E-state index in [-0.39, 0.29) is 5.54 Å². The molecule has 0 rings (SSSR count). The highest BCUT2D eigenvalue weighted by Gasteiger charge is 2.23. The van der Waals surface area contributed by atoms with E-state index in [1.165, 1.54) is 25.7 Å². The highest BCUT2D eigenvalue weighted by Crippen LogP contribution is 2.20. The minimum atomic E-state index is 0.245. The van der Waals surface area contributed by atoms with E-state index in [1.807, 2.05) is 0 Å². The van der Waals surface area contributed by atoms with Crippen molar-refractivity contribution in [3.63, 3.8) is 0 Å². The summed E-state index contributed by atoms with van der Waals surface area (Å²) in [6, 6.07) is 0. The van der Waals surface area contributed by atoms with Gasteiger partial charge in [-0.05, 0) is 26.2 Å². The van der Waals surface area contributed by atoms with Crippen molar-refractivity contribution < 1.29 is 5.73 Å². The maximum atomic E-state index is 4.19. The zero-order valence-corrected chi connectivity index (χ0v) is 10.2. The molecule has 3 N–H and O–H groups in total. The Bertz CT molecular complexity index is 124. The molecule has 13 heavy (non-hydrogen) atoms. The standard InChI is InChI=1S/C12H27N/c1-6-10(2)8-7-9-11(3)12(4,5)13/h10-11H,6-9,13H2,1-5H3/p+1. The lowest BCUT2D eigenvalue weighted by Gasteiger charge is -2.23. The van der Waals surface area contributed by atoms with Gasteiger partial charge in [-0.15, -0.1) is 0 Å². The minimum absolute atomic E-state index is 0.245. The zero-order chi connectivity index (χ0) is 10.5. The van der Waals surface area contributed by atoms with Crippen LogP contribution in [0.4, 0.5) is 0 Å². The topological polar surface area (TPSA) is 27.6 Å². The second-order valence-electron chi connectivity index (χ2n) is 5.33. The Hall–Kier alpha value is -0.0400. The second-order valence-corrected chi connectivity index (χ2v) is 5.33. The summed E-state index contributed by atoms with van der Waals surface area (Å²) < 4.78 is 0. The van der Waals surface area contributed by atoms with E-state index in [1.54, 1.807) is 0 Å². The van der Waals surface area contributed by atoms with E-state index in [0.29, 0.717) is 0 Å². The SMILES string of the molecule is CCC(C)CCCC(C)C(C)(C)[NH3+]. The van der Waals surface area contributed by atoms with Gasteiger partial charge in [0.2, 0.25) is 0 Å². The summed E-state index contributed by atoms with van der Waals surface area (Å²) in [6.07, 6.45) is 5.41. The fourth-order valence-corrected chi connectivity index (χ4v) is 1.37. The Kier molecular flexibility index (Phi) is 5.62. The predicted octanol–water partition coefficient (Wildman–Crippen LogP) is 2.86. The van der Waals surface area contributed by atoms with Gasteiger partial charge in [0.1, 0.15) is 0 Å². The molecule has 0 aliphatic carbocycles. The van der Waals surface area contributed by atoms with Gasteiger partial charge in [0, 0.05) is 5.92 Å². The van der Waals surface area contributed by atoms with Gasteiger partial charge >= 0.3 is 0 Å². The molecule has 0 radical (unpaired) electrons. The third kappa shape index (κ3) is 6.09. The van der Waals surface area contributed by atoms with Crippen LogP contribution in [0.25, 0.3) is 0 Å². The van der Waals surface area contributed by atoms with Gasteiger partial charge < -0.3 is 5.73 Å². The first kappa shape index (κ1) is 13.0. The third-order valence-corrected chi connectivity index (χ3v) is 3.37. The van der Waals surface area contributed by atoms with Crippen LogP contribution in [0.3, 0.4) is 0 Å². The fraction of sp³-hybridized carbons (Fsp3) is 1.00. The Balaban J connectivity index is 3.54. The molecule has 2 atom stereocenters. The number of rotatable bonds is 6. The molecule has 1 nitrogen and oxygen atoms in total. The van der Waals surface area contributed by atoms with Crippen LogP contribution < -0.4 is 5.73 Å². The van der Waals surface area contributed by atoms with Gasteiger partial charge in [0.05, 0.1) is 5.54 Å². The Morgan fingerprint density at radius 1 is 1.15 bits per heavy atom. The maximum absolute atomic E-state index is 4.19. The molecule has 0 spiro atoms. The summed E-state index contributed by atoms with van der Waals surface area (Å²) in [5, 5.41) is 0. The lowest BCUT2D eigenvalue weighted by molar-refractivity contribution is -0.479. The van der Waals surface area contributed by atoms with Crippen LogP contribution in [0.2, 0.25) is 0 Å². The Morgan fingerprint density at radius 2 is 1.69 bits per heavy atom. The molecule has 1 heteroatoms. The molecule has 0 saturated carbocycles. The molecule has 80 valence electrons. The summed E-state index contributed by atoms with van der Waals surface area (Å²) >= 11 is 0. The normalized spacial score (nSPS) is 17.1. The molecule has 0 aromatic rings. The average molecular weight is 186 g/mol. The minimum Gasteiger partial charge on any atom is -0.353 e. The summed E-state index contributed by atoms with van der Waals surface area (Å²) in [6.45, 7) is 11.4. The summed E-state index contributed by atoms with van der Waals surface area (Å²) in [5.41, 5.74) is 4.43. The molecule has 0 aliphatic heterocycles. The molecular weight excluding hydrogens is 158 g/mol. The quantitative estimate of drug-likeness (QED) is 0.660. The van der Waals surface area contributed by atoms with Crippen molar-refractivity contribution in [1.29, 1.82) is 0 Å². The molecule has 0 aromatic heterocycles. The molecule has 0 saturated heterocycles. The van der Waals surface area contributed by atoms with Crippen LogP contribution in [0.15, 0.2) is 0 Å². The van der Waals surface area contributed by atoms with Crippen LogP contribution in [-0.2, 0) is 0 Å². The molecular formula is C12H28N+. The van der Waals surface area contributed by atoms with Gasteiger partial charge in [-0.3, -0.25) is 0 Å². The first-order valence-corrected chi connectivity index (χ1v) is 5.73. The van der Waals surface area contributed by atoms with Crippen molar-refractivity contribution >= 4 is 0 Å². The zero-order valence-electron chi connectivity index (χ0n) is 10.2. The molecule has 0 fully saturated rings. The molecule has 0 aliphatic rings. The van der Waals surface area contributed by atoms with Crippen LogP contribution in [0.5, 0.6) is 0 Å². The van der Waals surface area contributed by atoms with Gasteiger partial charge in [-0.1, -0.05) is 40.0 Å². The smallest absolute Gasteiger partial charge is 0.0914 e. The Labute approximate surface area is 84.1 Å². The first-order chi connectivity index (χ1) is 5.88. The molecule has 0 bridgehead atoms. The van der Waals surface area contributed by atoms with E-state index >= 15 is 0 Å². The molecule has 2 unspecified atom stereocenters. The van der Waals surface area contributed by atoms with Crippen molar-refractivity contribution in [2.75, 3.05) is 0 Å². The number of hydrogen-bond acceptors (Lipinski definition) is 0. The average Bonchev–Trinajstić information content (AvgIpc) is 2.02. The lowest BCUT2D eigenvalue weighted by atomic mass is 9.85. The van der Waals surface area contributed by atoms with Crippen molar-refractivity contribution in [3.05, 3.63) is 0 Å². The van der Waals surface area contributed by atoms with Gasteiger partial charge in [-0.25, -0.2) is 0 Å². The van der Waals surface area contributed by atoms with E-state index in [4.69, 9.17) is 0 Å². The molecule has 0 heterocycles. The van der Waals surface area contributed by atoms with E-state index in [9.17, 15) is 0 Å². The summed E-state index contributed by atoms with van der Waals surface area (Å²) in [4.78, 5) is 0. The summed E-state index contributed by atoms with van der Waals surface area (Å²) in [7, 11) is 0. The van der Waals surface area contributed by atoms with Gasteiger partial charge in [0.25, 0.3) is 0 Å². The van der Waals surface area contributed by atoms with E-state index in [2.05, 4.69) is 40.4 Å². The lowest BCUT2D eigenvalue weighted by Crippen LogP contribution is -2.72. The predicted molar refractivity (Wildman–Crippen MR) is 59.4 cm³/mol. The van der Waals surface area contributed by atoms with Crippen molar-refractivity contribution in [2.24, 2.45) is 11.8 Å². The highest BCUT2D eigenvalue weighted by atomic mass is 14.7. The number of hydrogen-bond donors (Lipinski definition) is 1. The van der Waals surface area contributed by atoms with Crippen molar-refractivity contribution in [3.8, 4) is 0 Å². The van der Waals surface area contributed by atoms with Crippen LogP contribution >= 0.6 is 0 Å². The first-order valence-electron chi connectivity index (χ1n) is 5.73. The number of quaternary nitrogens is 1. The van der Waals surface area contributed by atoms with Crippen LogP contribution in [-0.4, -0.2) is 5.54 Å². The second kappa shape index (κ2) is 5.64. The fourth-order valence-electron chi connectivity index (χ4n) is 1.37. The highest BCUT2D eigenvalue weighted by molar-refractivity contribution is 4.71. The van der Waals surface area contributed by atoms with E-state index < -0.39 is 0 Å².